The van der Waals surface area contributed by atoms with E-state index in [4.69, 9.17) is 9.72 Å². The molecule has 1 aliphatic heterocycles. The lowest BCUT2D eigenvalue weighted by Crippen LogP contribution is -2.49. The Morgan fingerprint density at radius 2 is 1.78 bits per heavy atom. The SMILES string of the molecule is COCC(=O)N1CCN(Cc2ccc(-c3cnc4c(c3)C(c3ccc5[nH]ccc5c3)=CC4)cc2)CC1. The van der Waals surface area contributed by atoms with Crippen molar-refractivity contribution in [2.75, 3.05) is 39.9 Å². The molecule has 1 N–H and O–H groups in total. The highest BCUT2D eigenvalue weighted by Gasteiger charge is 2.21. The number of methoxy groups -OCH3 is 1. The third kappa shape index (κ3) is 4.45. The van der Waals surface area contributed by atoms with E-state index in [-0.39, 0.29) is 12.5 Å². The van der Waals surface area contributed by atoms with Crippen LogP contribution in [0.2, 0.25) is 0 Å². The van der Waals surface area contributed by atoms with E-state index in [9.17, 15) is 4.79 Å². The summed E-state index contributed by atoms with van der Waals surface area (Å²) < 4.78 is 4.98. The minimum atomic E-state index is 0.0764. The molecule has 0 unspecified atom stereocenters. The second-order valence-electron chi connectivity index (χ2n) is 9.61. The van der Waals surface area contributed by atoms with Gasteiger partial charge in [-0.05, 0) is 51.9 Å². The number of H-pyrrole nitrogens is 1. The monoisotopic (exact) mass is 478 g/mol. The number of nitrogens with zero attached hydrogens (tertiary/aromatic N) is 3. The summed E-state index contributed by atoms with van der Waals surface area (Å²) in [5.74, 6) is 0.0764. The van der Waals surface area contributed by atoms with Gasteiger partial charge in [0.05, 0.1) is 5.69 Å². The molecule has 0 atom stereocenters. The van der Waals surface area contributed by atoms with Gasteiger partial charge in [-0.2, -0.15) is 0 Å². The van der Waals surface area contributed by atoms with Gasteiger partial charge in [-0.3, -0.25) is 14.7 Å². The van der Waals surface area contributed by atoms with E-state index in [0.717, 1.165) is 55.9 Å². The van der Waals surface area contributed by atoms with Crippen molar-refractivity contribution in [1.82, 2.24) is 19.8 Å². The molecule has 0 spiro atoms. The van der Waals surface area contributed by atoms with Crippen LogP contribution in [0.5, 0.6) is 0 Å². The van der Waals surface area contributed by atoms with Crippen LogP contribution in [-0.2, 0) is 22.5 Å². The predicted octanol–water partition coefficient (Wildman–Crippen LogP) is 4.51. The Bertz CT molecular complexity index is 1430. The molecular weight excluding hydrogens is 448 g/mol. The number of fused-ring (bicyclic) bond motifs is 2. The highest BCUT2D eigenvalue weighted by molar-refractivity contribution is 5.90. The maximum Gasteiger partial charge on any atom is 0.248 e. The summed E-state index contributed by atoms with van der Waals surface area (Å²) in [6, 6.07) is 19.8. The highest BCUT2D eigenvalue weighted by Crippen LogP contribution is 2.35. The van der Waals surface area contributed by atoms with Crippen LogP contribution in [0.4, 0.5) is 0 Å². The zero-order valence-corrected chi connectivity index (χ0v) is 20.5. The maximum atomic E-state index is 12.0. The van der Waals surface area contributed by atoms with E-state index in [1.807, 2.05) is 17.3 Å². The zero-order valence-electron chi connectivity index (χ0n) is 20.5. The molecule has 1 aliphatic carbocycles. The van der Waals surface area contributed by atoms with E-state index in [2.05, 4.69) is 70.6 Å². The maximum absolute atomic E-state index is 12.0. The van der Waals surface area contributed by atoms with Gasteiger partial charge >= 0.3 is 0 Å². The molecule has 3 heterocycles. The van der Waals surface area contributed by atoms with E-state index in [1.54, 1.807) is 7.11 Å². The van der Waals surface area contributed by atoms with Crippen molar-refractivity contribution in [1.29, 1.82) is 0 Å². The molecule has 2 aliphatic rings. The number of carbonyl (C=O) groups is 1. The van der Waals surface area contributed by atoms with Crippen molar-refractivity contribution in [2.24, 2.45) is 0 Å². The lowest BCUT2D eigenvalue weighted by molar-refractivity contribution is -0.136. The van der Waals surface area contributed by atoms with Crippen molar-refractivity contribution >= 4 is 22.4 Å². The average molecular weight is 479 g/mol. The fraction of sp³-hybridized carbons (Fsp3) is 0.267. The number of benzene rings is 2. The van der Waals surface area contributed by atoms with E-state index < -0.39 is 0 Å². The lowest BCUT2D eigenvalue weighted by atomic mass is 9.97. The van der Waals surface area contributed by atoms with Gasteiger partial charge in [0.15, 0.2) is 0 Å². The number of hydrogen-bond acceptors (Lipinski definition) is 4. The summed E-state index contributed by atoms with van der Waals surface area (Å²) in [5.41, 5.74) is 9.63. The summed E-state index contributed by atoms with van der Waals surface area (Å²) in [4.78, 5) is 24.4. The van der Waals surface area contributed by atoms with Crippen LogP contribution in [0, 0.1) is 0 Å². The molecule has 1 fully saturated rings. The van der Waals surface area contributed by atoms with Crippen molar-refractivity contribution in [3.63, 3.8) is 0 Å². The summed E-state index contributed by atoms with van der Waals surface area (Å²) >= 11 is 0. The first-order valence-electron chi connectivity index (χ1n) is 12.5. The second kappa shape index (κ2) is 9.72. The van der Waals surface area contributed by atoms with Gasteiger partial charge in [0.25, 0.3) is 0 Å². The van der Waals surface area contributed by atoms with Crippen LogP contribution in [-0.4, -0.2) is 65.6 Å². The summed E-state index contributed by atoms with van der Waals surface area (Å²) in [6.45, 7) is 4.34. The lowest BCUT2D eigenvalue weighted by Gasteiger charge is -2.34. The molecular formula is C30H30N4O2. The van der Waals surface area contributed by atoms with Gasteiger partial charge in [-0.1, -0.05) is 36.4 Å². The first-order valence-corrected chi connectivity index (χ1v) is 12.5. The van der Waals surface area contributed by atoms with Gasteiger partial charge in [0.1, 0.15) is 6.61 Å². The normalized spacial score (nSPS) is 15.8. The third-order valence-corrected chi connectivity index (χ3v) is 7.31. The average Bonchev–Trinajstić information content (AvgIpc) is 3.56. The molecule has 1 saturated heterocycles. The number of ether oxygens (including phenoxy) is 1. The van der Waals surface area contributed by atoms with E-state index >= 15 is 0 Å². The molecule has 2 aromatic carbocycles. The number of allylic oxidation sites excluding steroid dienone is 1. The quantitative estimate of drug-likeness (QED) is 0.443. The number of aromatic nitrogens is 2. The summed E-state index contributed by atoms with van der Waals surface area (Å²) in [5, 5.41) is 1.23. The molecule has 6 heteroatoms. The molecule has 0 radical (unpaired) electrons. The number of aromatic amines is 1. The van der Waals surface area contributed by atoms with E-state index in [0.29, 0.717) is 0 Å². The van der Waals surface area contributed by atoms with E-state index in [1.165, 1.54) is 33.2 Å². The number of nitrogens with one attached hydrogen (secondary N) is 1. The number of carbonyl (C=O) groups excluding carboxylic acids is 1. The van der Waals surface area contributed by atoms with Gasteiger partial charge in [0, 0.05) is 75.3 Å². The fourth-order valence-electron chi connectivity index (χ4n) is 5.28. The Morgan fingerprint density at radius 3 is 2.58 bits per heavy atom. The van der Waals surface area contributed by atoms with Crippen molar-refractivity contribution in [2.45, 2.75) is 13.0 Å². The van der Waals surface area contributed by atoms with Gasteiger partial charge in [0.2, 0.25) is 5.91 Å². The Labute approximate surface area is 211 Å². The Balaban J connectivity index is 1.15. The third-order valence-electron chi connectivity index (χ3n) is 7.31. The number of amides is 1. The first kappa shape index (κ1) is 22.7. The molecule has 182 valence electrons. The Kier molecular flexibility index (Phi) is 6.13. The number of piperazine rings is 1. The van der Waals surface area contributed by atoms with Crippen LogP contribution < -0.4 is 0 Å². The molecule has 4 aromatic rings. The summed E-state index contributed by atoms with van der Waals surface area (Å²) in [6.07, 6.45) is 7.15. The molecule has 0 saturated carbocycles. The number of rotatable bonds is 6. The topological polar surface area (TPSA) is 61.5 Å². The van der Waals surface area contributed by atoms with Crippen LogP contribution in [0.1, 0.15) is 22.4 Å². The number of pyridine rings is 1. The van der Waals surface area contributed by atoms with Crippen molar-refractivity contribution in [3.8, 4) is 11.1 Å². The van der Waals surface area contributed by atoms with Crippen LogP contribution in [0.3, 0.4) is 0 Å². The van der Waals surface area contributed by atoms with Gasteiger partial charge in [-0.15, -0.1) is 0 Å². The second-order valence-corrected chi connectivity index (χ2v) is 9.61. The Hall–Kier alpha value is -3.74. The van der Waals surface area contributed by atoms with Crippen molar-refractivity contribution in [3.05, 3.63) is 95.5 Å². The minimum absolute atomic E-state index is 0.0764. The fourth-order valence-corrected chi connectivity index (χ4v) is 5.28. The Morgan fingerprint density at radius 1 is 0.972 bits per heavy atom. The van der Waals surface area contributed by atoms with Gasteiger partial charge in [-0.25, -0.2) is 0 Å². The molecule has 2 aromatic heterocycles. The molecule has 6 nitrogen and oxygen atoms in total. The molecule has 6 rings (SSSR count). The van der Waals surface area contributed by atoms with Crippen LogP contribution in [0.25, 0.3) is 27.6 Å². The summed E-state index contributed by atoms with van der Waals surface area (Å²) in [7, 11) is 1.57. The molecule has 1 amide bonds. The zero-order chi connectivity index (χ0) is 24.5. The van der Waals surface area contributed by atoms with Crippen molar-refractivity contribution < 1.29 is 9.53 Å². The smallest absolute Gasteiger partial charge is 0.248 e. The van der Waals surface area contributed by atoms with Crippen LogP contribution in [0.15, 0.2) is 73.1 Å². The number of hydrogen-bond donors (Lipinski definition) is 1. The molecule has 36 heavy (non-hydrogen) atoms. The highest BCUT2D eigenvalue weighted by atomic mass is 16.5. The standard InChI is InChI=1S/C30H30N4O2/c1-36-20-30(35)34-14-12-33(13-15-34)19-21-2-4-22(5-3-21)25-17-27-26(7-9-29(27)32-18-25)23-6-8-28-24(16-23)10-11-31-28/h2-8,10-11,16-18,31H,9,12-15,19-20H2,1H3. The first-order chi connectivity index (χ1) is 17.7. The van der Waals surface area contributed by atoms with Gasteiger partial charge < -0.3 is 14.6 Å². The predicted molar refractivity (Wildman–Crippen MR) is 142 cm³/mol. The van der Waals surface area contributed by atoms with Crippen LogP contribution >= 0.6 is 0 Å². The minimum Gasteiger partial charge on any atom is -0.375 e. The molecule has 0 bridgehead atoms. The largest absolute Gasteiger partial charge is 0.375 e.